The zero-order valence-corrected chi connectivity index (χ0v) is 11.6. The van der Waals surface area contributed by atoms with Crippen LogP contribution in [-0.2, 0) is 4.79 Å². The number of carboxylic acid groups (broad SMARTS) is 1. The Morgan fingerprint density at radius 1 is 1.39 bits per heavy atom. The topological polar surface area (TPSA) is 72.8 Å². The summed E-state index contributed by atoms with van der Waals surface area (Å²) in [7, 11) is 0. The van der Waals surface area contributed by atoms with E-state index in [1.165, 1.54) is 0 Å². The summed E-state index contributed by atoms with van der Waals surface area (Å²) in [6.45, 7) is 8.50. The van der Waals surface area contributed by atoms with Gasteiger partial charge in [-0.05, 0) is 31.7 Å². The minimum absolute atomic E-state index is 0.0586. The Morgan fingerprint density at radius 2 is 2.06 bits per heavy atom. The number of nitrogens with one attached hydrogen (secondary N) is 1. The Bertz CT molecular complexity index is 269. The maximum atomic E-state index is 10.8. The number of rotatable bonds is 6. The van der Waals surface area contributed by atoms with Crippen LogP contribution in [0.5, 0.6) is 0 Å². The highest BCUT2D eigenvalue weighted by molar-refractivity contribution is 5.69. The first-order valence-corrected chi connectivity index (χ1v) is 6.74. The molecular weight excluding hydrogens is 232 g/mol. The van der Waals surface area contributed by atoms with Crippen LogP contribution >= 0.6 is 0 Å². The van der Waals surface area contributed by atoms with E-state index in [4.69, 9.17) is 5.11 Å². The maximum absolute atomic E-state index is 10.8. The average Bonchev–Trinajstić information content (AvgIpc) is 2.25. The summed E-state index contributed by atoms with van der Waals surface area (Å²) >= 11 is 0. The molecule has 0 bridgehead atoms. The summed E-state index contributed by atoms with van der Waals surface area (Å²) < 4.78 is 0. The van der Waals surface area contributed by atoms with Gasteiger partial charge in [0.05, 0.1) is 12.6 Å². The van der Waals surface area contributed by atoms with Gasteiger partial charge < -0.3 is 15.5 Å². The number of likely N-dealkylation sites (tertiary alicyclic amines) is 1. The molecule has 5 heteroatoms. The van der Waals surface area contributed by atoms with E-state index in [1.54, 1.807) is 6.92 Å². The molecule has 106 valence electrons. The van der Waals surface area contributed by atoms with E-state index in [0.29, 0.717) is 12.5 Å². The fourth-order valence-corrected chi connectivity index (χ4v) is 2.45. The quantitative estimate of drug-likeness (QED) is 0.643. The molecule has 3 N–H and O–H groups in total. The third-order valence-electron chi connectivity index (χ3n) is 3.41. The fourth-order valence-electron chi connectivity index (χ4n) is 2.45. The van der Waals surface area contributed by atoms with Gasteiger partial charge >= 0.3 is 5.97 Å². The molecule has 18 heavy (non-hydrogen) atoms. The van der Waals surface area contributed by atoms with Crippen LogP contribution in [0.3, 0.4) is 0 Å². The maximum Gasteiger partial charge on any atom is 0.317 e. The van der Waals surface area contributed by atoms with Crippen molar-refractivity contribution in [1.29, 1.82) is 0 Å². The first kappa shape index (κ1) is 15.4. The zero-order valence-electron chi connectivity index (χ0n) is 11.6. The molecule has 1 heterocycles. The molecule has 0 aromatic carbocycles. The number of nitrogens with zero attached hydrogens (tertiary/aromatic N) is 1. The summed E-state index contributed by atoms with van der Waals surface area (Å²) in [5.74, 6) is -0.0727. The van der Waals surface area contributed by atoms with Crippen LogP contribution in [0.2, 0.25) is 0 Å². The number of aliphatic hydroxyl groups excluding tert-OH is 1. The van der Waals surface area contributed by atoms with Gasteiger partial charge in [-0.15, -0.1) is 0 Å². The van der Waals surface area contributed by atoms with Crippen molar-refractivity contribution in [2.24, 2.45) is 11.8 Å². The van der Waals surface area contributed by atoms with Crippen LogP contribution in [0.4, 0.5) is 0 Å². The normalized spacial score (nSPS) is 27.4. The van der Waals surface area contributed by atoms with Crippen molar-refractivity contribution in [3.8, 4) is 0 Å². The Morgan fingerprint density at radius 3 is 2.56 bits per heavy atom. The highest BCUT2D eigenvalue weighted by atomic mass is 16.4. The molecule has 0 radical (unpaired) electrons. The summed E-state index contributed by atoms with van der Waals surface area (Å²) in [5.41, 5.74) is 0. The summed E-state index contributed by atoms with van der Waals surface area (Å²) in [5, 5.41) is 22.1. The summed E-state index contributed by atoms with van der Waals surface area (Å²) in [6, 6.07) is 0.278. The van der Waals surface area contributed by atoms with Crippen LogP contribution in [0.1, 0.15) is 27.2 Å². The minimum Gasteiger partial charge on any atom is -0.480 e. The highest BCUT2D eigenvalue weighted by Gasteiger charge is 2.30. The summed E-state index contributed by atoms with van der Waals surface area (Å²) in [4.78, 5) is 12.7. The number of aliphatic hydroxyl groups is 1. The zero-order chi connectivity index (χ0) is 13.7. The van der Waals surface area contributed by atoms with E-state index in [2.05, 4.69) is 19.2 Å². The Balaban J connectivity index is 2.53. The minimum atomic E-state index is -0.802. The number of aliphatic carboxylic acids is 1. The first-order chi connectivity index (χ1) is 8.38. The van der Waals surface area contributed by atoms with Crippen LogP contribution in [-0.4, -0.2) is 59.4 Å². The van der Waals surface area contributed by atoms with Gasteiger partial charge in [0.15, 0.2) is 0 Å². The number of hydrogen-bond donors (Lipinski definition) is 3. The second-order valence-electron chi connectivity index (χ2n) is 5.82. The highest BCUT2D eigenvalue weighted by Crippen LogP contribution is 2.20. The van der Waals surface area contributed by atoms with Gasteiger partial charge in [0.2, 0.25) is 0 Å². The first-order valence-electron chi connectivity index (χ1n) is 6.74. The van der Waals surface area contributed by atoms with Gasteiger partial charge in [-0.25, -0.2) is 0 Å². The van der Waals surface area contributed by atoms with E-state index in [1.807, 2.05) is 4.90 Å². The summed E-state index contributed by atoms with van der Waals surface area (Å²) in [6.07, 6.45) is 0.533. The molecule has 0 aliphatic carbocycles. The average molecular weight is 258 g/mol. The predicted molar refractivity (Wildman–Crippen MR) is 70.5 cm³/mol. The van der Waals surface area contributed by atoms with Crippen molar-refractivity contribution in [2.45, 2.75) is 39.3 Å². The van der Waals surface area contributed by atoms with Crippen molar-refractivity contribution in [1.82, 2.24) is 10.2 Å². The molecule has 0 aromatic rings. The van der Waals surface area contributed by atoms with Gasteiger partial charge in [0.25, 0.3) is 0 Å². The van der Waals surface area contributed by atoms with E-state index < -0.39 is 5.97 Å². The van der Waals surface area contributed by atoms with Crippen molar-refractivity contribution < 1.29 is 15.0 Å². The van der Waals surface area contributed by atoms with Crippen LogP contribution in [0.25, 0.3) is 0 Å². The number of carboxylic acids is 1. The van der Waals surface area contributed by atoms with Crippen molar-refractivity contribution >= 4 is 5.97 Å². The molecule has 5 nitrogen and oxygen atoms in total. The SMILES string of the molecule is CC(C)CNC1CC(C(C)O)CN(CC(=O)O)C1. The van der Waals surface area contributed by atoms with Crippen LogP contribution in [0, 0.1) is 11.8 Å². The van der Waals surface area contributed by atoms with Gasteiger partial charge in [-0.2, -0.15) is 0 Å². The molecule has 1 saturated heterocycles. The lowest BCUT2D eigenvalue weighted by Gasteiger charge is -2.38. The Kier molecular flexibility index (Phi) is 6.05. The largest absolute Gasteiger partial charge is 0.480 e. The fraction of sp³-hybridized carbons (Fsp3) is 0.923. The van der Waals surface area contributed by atoms with Gasteiger partial charge in [0, 0.05) is 19.1 Å². The molecule has 0 amide bonds. The smallest absolute Gasteiger partial charge is 0.317 e. The molecule has 1 aliphatic rings. The van der Waals surface area contributed by atoms with Gasteiger partial charge in [-0.1, -0.05) is 13.8 Å². The lowest BCUT2D eigenvalue weighted by Crippen LogP contribution is -2.53. The molecule has 3 unspecified atom stereocenters. The van der Waals surface area contributed by atoms with Crippen molar-refractivity contribution in [3.05, 3.63) is 0 Å². The third kappa shape index (κ3) is 5.33. The third-order valence-corrected chi connectivity index (χ3v) is 3.41. The van der Waals surface area contributed by atoms with Crippen LogP contribution in [0.15, 0.2) is 0 Å². The van der Waals surface area contributed by atoms with E-state index in [9.17, 15) is 9.90 Å². The molecule has 1 fully saturated rings. The molecule has 3 atom stereocenters. The lowest BCUT2D eigenvalue weighted by molar-refractivity contribution is -0.139. The number of piperidine rings is 1. The van der Waals surface area contributed by atoms with E-state index >= 15 is 0 Å². The second kappa shape index (κ2) is 7.07. The van der Waals surface area contributed by atoms with Gasteiger partial charge in [-0.3, -0.25) is 9.69 Å². The molecular formula is C13H26N2O3. The van der Waals surface area contributed by atoms with Crippen molar-refractivity contribution in [3.63, 3.8) is 0 Å². The van der Waals surface area contributed by atoms with E-state index in [-0.39, 0.29) is 24.6 Å². The second-order valence-corrected chi connectivity index (χ2v) is 5.82. The Labute approximate surface area is 109 Å². The predicted octanol–water partition coefficient (Wildman–Crippen LogP) is 0.388. The molecule has 0 spiro atoms. The number of hydrogen-bond acceptors (Lipinski definition) is 4. The molecule has 0 aromatic heterocycles. The monoisotopic (exact) mass is 258 g/mol. The van der Waals surface area contributed by atoms with Gasteiger partial charge in [0.1, 0.15) is 0 Å². The van der Waals surface area contributed by atoms with Crippen molar-refractivity contribution in [2.75, 3.05) is 26.2 Å². The molecule has 0 saturated carbocycles. The molecule has 1 rings (SSSR count). The van der Waals surface area contributed by atoms with Crippen LogP contribution < -0.4 is 5.32 Å². The number of carbonyl (C=O) groups is 1. The lowest BCUT2D eigenvalue weighted by atomic mass is 9.90. The standard InChI is InChI=1S/C13H26N2O3/c1-9(2)5-14-12-4-11(10(3)16)6-15(7-12)8-13(17)18/h9-12,14,16H,4-8H2,1-3H3,(H,17,18). The Hall–Kier alpha value is -0.650. The van der Waals surface area contributed by atoms with E-state index in [0.717, 1.165) is 19.5 Å². The molecule has 1 aliphatic heterocycles.